The molecule has 82 valence electrons. The number of hydrogen-bond acceptors (Lipinski definition) is 2. The summed E-state index contributed by atoms with van der Waals surface area (Å²) < 4.78 is 0.955. The molecule has 1 aromatic rings. The van der Waals surface area contributed by atoms with Gasteiger partial charge in [0.1, 0.15) is 6.04 Å². The maximum atomic E-state index is 10.9. The van der Waals surface area contributed by atoms with Gasteiger partial charge in [-0.2, -0.15) is 0 Å². The fraction of sp³-hybridized carbons (Fsp3) is 0.364. The van der Waals surface area contributed by atoms with Crippen molar-refractivity contribution < 1.29 is 9.90 Å². The van der Waals surface area contributed by atoms with E-state index in [0.717, 1.165) is 10.2 Å². The van der Waals surface area contributed by atoms with Crippen LogP contribution in [-0.2, 0) is 4.79 Å². The Labute approximate surface area is 97.8 Å². The summed E-state index contributed by atoms with van der Waals surface area (Å²) in [5.74, 6) is -0.808. The van der Waals surface area contributed by atoms with Crippen molar-refractivity contribution in [2.24, 2.45) is 0 Å². The molecule has 0 spiro atoms. The SMILES string of the molecule is CCN(c1cccc(Br)c1)[C@H](C)C(=O)O. The van der Waals surface area contributed by atoms with Gasteiger partial charge in [0.2, 0.25) is 0 Å². The van der Waals surface area contributed by atoms with Crippen LogP contribution in [0.2, 0.25) is 0 Å². The second-order valence-electron chi connectivity index (χ2n) is 3.28. The number of benzene rings is 1. The molecule has 1 aromatic carbocycles. The zero-order valence-corrected chi connectivity index (χ0v) is 10.4. The third-order valence-corrected chi connectivity index (χ3v) is 2.80. The van der Waals surface area contributed by atoms with Crippen molar-refractivity contribution in [1.82, 2.24) is 0 Å². The van der Waals surface area contributed by atoms with Crippen molar-refractivity contribution in [2.45, 2.75) is 19.9 Å². The average Bonchev–Trinajstić information content (AvgIpc) is 2.18. The third kappa shape index (κ3) is 2.96. The first-order valence-corrected chi connectivity index (χ1v) is 5.60. The summed E-state index contributed by atoms with van der Waals surface area (Å²) in [6.07, 6.45) is 0. The van der Waals surface area contributed by atoms with Gasteiger partial charge in [0.25, 0.3) is 0 Å². The van der Waals surface area contributed by atoms with E-state index in [2.05, 4.69) is 15.9 Å². The maximum absolute atomic E-state index is 10.9. The number of hydrogen-bond donors (Lipinski definition) is 1. The van der Waals surface area contributed by atoms with E-state index in [1.165, 1.54) is 0 Å². The highest BCUT2D eigenvalue weighted by Crippen LogP contribution is 2.21. The van der Waals surface area contributed by atoms with Crippen molar-refractivity contribution in [3.8, 4) is 0 Å². The van der Waals surface area contributed by atoms with E-state index in [-0.39, 0.29) is 0 Å². The molecule has 0 unspecified atom stereocenters. The summed E-state index contributed by atoms with van der Waals surface area (Å²) in [6, 6.07) is 7.14. The van der Waals surface area contributed by atoms with Gasteiger partial charge in [0, 0.05) is 16.7 Å². The van der Waals surface area contributed by atoms with Crippen molar-refractivity contribution in [1.29, 1.82) is 0 Å². The Balaban J connectivity index is 2.97. The van der Waals surface area contributed by atoms with Gasteiger partial charge in [-0.25, -0.2) is 4.79 Å². The molecule has 15 heavy (non-hydrogen) atoms. The first-order chi connectivity index (χ1) is 7.06. The zero-order valence-electron chi connectivity index (χ0n) is 8.77. The number of likely N-dealkylation sites (N-methyl/N-ethyl adjacent to an activating group) is 1. The molecule has 1 rings (SSSR count). The lowest BCUT2D eigenvalue weighted by Crippen LogP contribution is -2.38. The quantitative estimate of drug-likeness (QED) is 0.916. The minimum atomic E-state index is -0.808. The highest BCUT2D eigenvalue weighted by atomic mass is 79.9. The second kappa shape index (κ2) is 5.16. The topological polar surface area (TPSA) is 40.5 Å². The number of nitrogens with zero attached hydrogens (tertiary/aromatic N) is 1. The second-order valence-corrected chi connectivity index (χ2v) is 4.20. The van der Waals surface area contributed by atoms with Gasteiger partial charge in [-0.3, -0.25) is 0 Å². The molecular formula is C11H14BrNO2. The summed E-state index contributed by atoms with van der Waals surface area (Å²) >= 11 is 3.37. The van der Waals surface area contributed by atoms with Crippen molar-refractivity contribution in [2.75, 3.05) is 11.4 Å². The molecule has 3 nitrogen and oxygen atoms in total. The molecule has 0 bridgehead atoms. The first-order valence-electron chi connectivity index (χ1n) is 4.81. The number of carboxylic acid groups (broad SMARTS) is 1. The summed E-state index contributed by atoms with van der Waals surface area (Å²) in [5, 5.41) is 8.96. The molecule has 0 radical (unpaired) electrons. The molecule has 1 atom stereocenters. The third-order valence-electron chi connectivity index (χ3n) is 2.31. The fourth-order valence-electron chi connectivity index (χ4n) is 1.47. The van der Waals surface area contributed by atoms with Gasteiger partial charge in [0.15, 0.2) is 0 Å². The predicted molar refractivity (Wildman–Crippen MR) is 64.3 cm³/mol. The number of rotatable bonds is 4. The zero-order chi connectivity index (χ0) is 11.4. The monoisotopic (exact) mass is 271 g/mol. The molecule has 0 saturated carbocycles. The van der Waals surface area contributed by atoms with Crippen molar-refractivity contribution in [3.05, 3.63) is 28.7 Å². The summed E-state index contributed by atoms with van der Waals surface area (Å²) in [4.78, 5) is 12.7. The van der Waals surface area contributed by atoms with Crippen LogP contribution >= 0.6 is 15.9 Å². The summed E-state index contributed by atoms with van der Waals surface area (Å²) in [6.45, 7) is 4.30. The fourth-order valence-corrected chi connectivity index (χ4v) is 1.86. The van der Waals surface area contributed by atoms with Crippen LogP contribution in [0.4, 0.5) is 5.69 Å². The Hall–Kier alpha value is -1.03. The van der Waals surface area contributed by atoms with Crippen LogP contribution < -0.4 is 4.90 Å². The number of carbonyl (C=O) groups is 1. The van der Waals surface area contributed by atoms with E-state index in [0.29, 0.717) is 6.54 Å². The highest BCUT2D eigenvalue weighted by Gasteiger charge is 2.19. The van der Waals surface area contributed by atoms with Crippen LogP contribution in [0.5, 0.6) is 0 Å². The summed E-state index contributed by atoms with van der Waals surface area (Å²) in [5.41, 5.74) is 0.918. The minimum Gasteiger partial charge on any atom is -0.480 e. The molecular weight excluding hydrogens is 258 g/mol. The van der Waals surface area contributed by atoms with E-state index in [1.54, 1.807) is 6.92 Å². The van der Waals surface area contributed by atoms with Gasteiger partial charge in [0.05, 0.1) is 0 Å². The minimum absolute atomic E-state index is 0.510. The van der Waals surface area contributed by atoms with Crippen LogP contribution in [-0.4, -0.2) is 23.7 Å². The molecule has 0 amide bonds. The summed E-state index contributed by atoms with van der Waals surface area (Å²) in [7, 11) is 0. The molecule has 0 aliphatic heterocycles. The van der Waals surface area contributed by atoms with Crippen LogP contribution in [0.3, 0.4) is 0 Å². The van der Waals surface area contributed by atoms with Gasteiger partial charge in [-0.1, -0.05) is 22.0 Å². The Bertz CT molecular complexity index is 354. The van der Waals surface area contributed by atoms with Crippen LogP contribution in [0.15, 0.2) is 28.7 Å². The van der Waals surface area contributed by atoms with E-state index in [9.17, 15) is 4.79 Å². The van der Waals surface area contributed by atoms with Crippen LogP contribution in [0.1, 0.15) is 13.8 Å². The molecule has 0 aromatic heterocycles. The Morgan fingerprint density at radius 2 is 2.27 bits per heavy atom. The Morgan fingerprint density at radius 3 is 2.73 bits per heavy atom. The van der Waals surface area contributed by atoms with Crippen molar-refractivity contribution in [3.63, 3.8) is 0 Å². The number of anilines is 1. The van der Waals surface area contributed by atoms with E-state index < -0.39 is 12.0 Å². The van der Waals surface area contributed by atoms with E-state index in [4.69, 9.17) is 5.11 Å². The smallest absolute Gasteiger partial charge is 0.326 e. The lowest BCUT2D eigenvalue weighted by Gasteiger charge is -2.27. The molecule has 0 saturated heterocycles. The number of halogens is 1. The predicted octanol–water partition coefficient (Wildman–Crippen LogP) is 2.75. The Kier molecular flexibility index (Phi) is 4.15. The molecule has 0 fully saturated rings. The van der Waals surface area contributed by atoms with Crippen molar-refractivity contribution >= 4 is 27.6 Å². The van der Waals surface area contributed by atoms with Gasteiger partial charge < -0.3 is 10.0 Å². The van der Waals surface area contributed by atoms with Gasteiger partial charge in [-0.15, -0.1) is 0 Å². The number of aliphatic carboxylic acids is 1. The molecule has 0 aliphatic carbocycles. The average molecular weight is 272 g/mol. The highest BCUT2D eigenvalue weighted by molar-refractivity contribution is 9.10. The molecule has 1 N–H and O–H groups in total. The Morgan fingerprint density at radius 1 is 1.60 bits per heavy atom. The van der Waals surface area contributed by atoms with E-state index >= 15 is 0 Å². The van der Waals surface area contributed by atoms with Gasteiger partial charge in [-0.05, 0) is 32.0 Å². The first kappa shape index (κ1) is 12.0. The molecule has 0 heterocycles. The molecule has 0 aliphatic rings. The largest absolute Gasteiger partial charge is 0.480 e. The van der Waals surface area contributed by atoms with Crippen LogP contribution in [0.25, 0.3) is 0 Å². The van der Waals surface area contributed by atoms with Crippen LogP contribution in [0, 0.1) is 0 Å². The number of carboxylic acids is 1. The molecule has 4 heteroatoms. The van der Waals surface area contributed by atoms with E-state index in [1.807, 2.05) is 36.1 Å². The normalized spacial score (nSPS) is 12.2. The van der Waals surface area contributed by atoms with Gasteiger partial charge >= 0.3 is 5.97 Å². The lowest BCUT2D eigenvalue weighted by atomic mass is 10.2. The maximum Gasteiger partial charge on any atom is 0.326 e. The standard InChI is InChI=1S/C11H14BrNO2/c1-3-13(8(2)11(14)15)10-6-4-5-9(12)7-10/h4-8H,3H2,1-2H3,(H,14,15)/t8-/m1/s1. The lowest BCUT2D eigenvalue weighted by molar-refractivity contribution is -0.138.